The van der Waals surface area contributed by atoms with Crippen LogP contribution in [0.2, 0.25) is 0 Å². The number of fused-ring (bicyclic) bond motifs is 1. The molecule has 0 saturated heterocycles. The van der Waals surface area contributed by atoms with Crippen LogP contribution in [-0.4, -0.2) is 25.8 Å². The van der Waals surface area contributed by atoms with Crippen LogP contribution < -0.4 is 0 Å². The quantitative estimate of drug-likeness (QED) is 0.879. The van der Waals surface area contributed by atoms with E-state index in [4.69, 9.17) is 5.11 Å². The Morgan fingerprint density at radius 1 is 1.25 bits per heavy atom. The van der Waals surface area contributed by atoms with Gasteiger partial charge in [0.05, 0.1) is 12.6 Å². The molecule has 2 rings (SSSR count). The van der Waals surface area contributed by atoms with Crippen LogP contribution in [-0.2, 0) is 30.6 Å². The number of carboxylic acids is 1. The molecule has 0 spiro atoms. The molecule has 0 aliphatic heterocycles. The summed E-state index contributed by atoms with van der Waals surface area (Å²) >= 11 is 0. The molecule has 1 N–H and O–H groups in total. The first kappa shape index (κ1) is 14.5. The van der Waals surface area contributed by atoms with Crippen molar-refractivity contribution >= 4 is 17.0 Å². The van der Waals surface area contributed by atoms with Crippen molar-refractivity contribution in [1.29, 1.82) is 0 Å². The summed E-state index contributed by atoms with van der Waals surface area (Å²) in [5.41, 5.74) is 3.71. The van der Waals surface area contributed by atoms with E-state index >= 15 is 0 Å². The molecule has 0 atom stereocenters. The highest BCUT2D eigenvalue weighted by Crippen LogP contribution is 2.25. The number of aryl methyl sites for hydroxylation is 3. The molecular weight excluding hydrogens is 254 g/mol. The third kappa shape index (κ3) is 2.53. The van der Waals surface area contributed by atoms with Crippen molar-refractivity contribution in [2.45, 2.75) is 53.0 Å². The first-order valence-electron chi connectivity index (χ1n) is 7.20. The van der Waals surface area contributed by atoms with E-state index in [9.17, 15) is 4.79 Å². The molecule has 108 valence electrons. The minimum absolute atomic E-state index is 0.0360. The van der Waals surface area contributed by atoms with Gasteiger partial charge >= 0.3 is 5.97 Å². The summed E-state index contributed by atoms with van der Waals surface area (Å²) in [6.45, 7) is 7.01. The van der Waals surface area contributed by atoms with Crippen LogP contribution in [0.5, 0.6) is 0 Å². The van der Waals surface area contributed by atoms with Crippen molar-refractivity contribution in [2.24, 2.45) is 0 Å². The van der Waals surface area contributed by atoms with Gasteiger partial charge in [0.15, 0.2) is 5.65 Å². The van der Waals surface area contributed by atoms with Gasteiger partial charge in [-0.3, -0.25) is 4.79 Å². The third-order valence-corrected chi connectivity index (χ3v) is 3.54. The molecule has 0 aliphatic rings. The summed E-state index contributed by atoms with van der Waals surface area (Å²) in [7, 11) is 0. The molecule has 0 bridgehead atoms. The molecule has 2 aromatic heterocycles. The van der Waals surface area contributed by atoms with Crippen LogP contribution in [0.25, 0.3) is 11.0 Å². The second-order valence-corrected chi connectivity index (χ2v) is 4.90. The zero-order chi connectivity index (χ0) is 14.7. The first-order valence-corrected chi connectivity index (χ1v) is 7.20. The molecule has 0 aromatic carbocycles. The maximum Gasteiger partial charge on any atom is 0.307 e. The molecule has 0 radical (unpaired) electrons. The number of aromatic nitrogens is 3. The summed E-state index contributed by atoms with van der Waals surface area (Å²) in [4.78, 5) is 15.8. The van der Waals surface area contributed by atoms with E-state index < -0.39 is 5.97 Å². The average Bonchev–Trinajstić information content (AvgIpc) is 2.81. The molecule has 0 fully saturated rings. The Hall–Kier alpha value is -1.91. The van der Waals surface area contributed by atoms with Crippen LogP contribution >= 0.6 is 0 Å². The summed E-state index contributed by atoms with van der Waals surface area (Å²) in [6.07, 6.45) is 4.39. The van der Waals surface area contributed by atoms with Gasteiger partial charge in [-0.25, -0.2) is 9.67 Å². The summed E-state index contributed by atoms with van der Waals surface area (Å²) in [6, 6.07) is 0. The van der Waals surface area contributed by atoms with Crippen molar-refractivity contribution in [2.75, 3.05) is 0 Å². The van der Waals surface area contributed by atoms with Crippen LogP contribution in [0.1, 0.15) is 44.0 Å². The van der Waals surface area contributed by atoms with Gasteiger partial charge in [0.1, 0.15) is 0 Å². The number of hydrogen-bond acceptors (Lipinski definition) is 3. The Labute approximate surface area is 118 Å². The van der Waals surface area contributed by atoms with Gasteiger partial charge in [-0.15, -0.1) is 0 Å². The molecule has 0 saturated carbocycles. The van der Waals surface area contributed by atoms with E-state index in [0.717, 1.165) is 53.7 Å². The lowest BCUT2D eigenvalue weighted by Gasteiger charge is -2.12. The summed E-state index contributed by atoms with van der Waals surface area (Å²) in [5.74, 6) is -0.809. The Balaban J connectivity index is 2.69. The zero-order valence-electron chi connectivity index (χ0n) is 12.3. The fourth-order valence-corrected chi connectivity index (χ4v) is 2.67. The maximum absolute atomic E-state index is 11.1. The molecular formula is C15H21N3O2. The predicted molar refractivity (Wildman–Crippen MR) is 77.9 cm³/mol. The highest BCUT2D eigenvalue weighted by molar-refractivity contribution is 5.83. The van der Waals surface area contributed by atoms with E-state index in [1.54, 1.807) is 0 Å². The topological polar surface area (TPSA) is 68.0 Å². The summed E-state index contributed by atoms with van der Waals surface area (Å²) in [5, 5.41) is 14.5. The third-order valence-electron chi connectivity index (χ3n) is 3.54. The van der Waals surface area contributed by atoms with Crippen molar-refractivity contribution in [3.63, 3.8) is 0 Å². The molecule has 2 heterocycles. The number of pyridine rings is 1. The van der Waals surface area contributed by atoms with Gasteiger partial charge in [-0.1, -0.05) is 20.8 Å². The smallest absolute Gasteiger partial charge is 0.307 e. The molecule has 0 amide bonds. The van der Waals surface area contributed by atoms with Crippen molar-refractivity contribution in [1.82, 2.24) is 14.8 Å². The Kier molecular flexibility index (Phi) is 4.37. The predicted octanol–water partition coefficient (Wildman–Crippen LogP) is 2.59. The standard InChI is InChI=1S/C15H21N3O2/c1-4-7-18-15-12(9-16-18)10(5-2)11(8-14(19)20)13(6-3)17-15/h9H,4-8H2,1-3H3,(H,19,20). The van der Waals surface area contributed by atoms with Gasteiger partial charge in [0.2, 0.25) is 0 Å². The van der Waals surface area contributed by atoms with E-state index in [1.165, 1.54) is 0 Å². The molecule has 0 unspecified atom stereocenters. The molecule has 0 aliphatic carbocycles. The Morgan fingerprint density at radius 3 is 2.55 bits per heavy atom. The van der Waals surface area contributed by atoms with E-state index in [2.05, 4.69) is 23.9 Å². The van der Waals surface area contributed by atoms with Gasteiger partial charge in [-0.2, -0.15) is 5.10 Å². The Bertz CT molecular complexity index is 632. The fourth-order valence-electron chi connectivity index (χ4n) is 2.67. The number of carboxylic acid groups (broad SMARTS) is 1. The van der Waals surface area contributed by atoms with Crippen molar-refractivity contribution in [3.05, 3.63) is 23.0 Å². The number of rotatable bonds is 6. The lowest BCUT2D eigenvalue weighted by atomic mass is 9.97. The van der Waals surface area contributed by atoms with E-state index in [1.807, 2.05) is 17.8 Å². The lowest BCUT2D eigenvalue weighted by Crippen LogP contribution is -2.10. The van der Waals surface area contributed by atoms with Crippen molar-refractivity contribution in [3.8, 4) is 0 Å². The van der Waals surface area contributed by atoms with Gasteiger partial charge in [0.25, 0.3) is 0 Å². The fraction of sp³-hybridized carbons (Fsp3) is 0.533. The van der Waals surface area contributed by atoms with E-state index in [-0.39, 0.29) is 6.42 Å². The van der Waals surface area contributed by atoms with Crippen LogP contribution in [0.3, 0.4) is 0 Å². The van der Waals surface area contributed by atoms with E-state index in [0.29, 0.717) is 0 Å². The number of nitrogens with zero attached hydrogens (tertiary/aromatic N) is 3. The minimum Gasteiger partial charge on any atom is -0.481 e. The lowest BCUT2D eigenvalue weighted by molar-refractivity contribution is -0.136. The monoisotopic (exact) mass is 275 g/mol. The second kappa shape index (κ2) is 6.03. The minimum atomic E-state index is -0.809. The number of hydrogen-bond donors (Lipinski definition) is 1. The van der Waals surface area contributed by atoms with Gasteiger partial charge in [-0.05, 0) is 30.4 Å². The van der Waals surface area contributed by atoms with Gasteiger partial charge < -0.3 is 5.11 Å². The largest absolute Gasteiger partial charge is 0.481 e. The molecule has 5 heteroatoms. The summed E-state index contributed by atoms with van der Waals surface area (Å²) < 4.78 is 1.91. The van der Waals surface area contributed by atoms with Crippen LogP contribution in [0, 0.1) is 0 Å². The average molecular weight is 275 g/mol. The number of aliphatic carboxylic acids is 1. The number of carbonyl (C=O) groups is 1. The highest BCUT2D eigenvalue weighted by Gasteiger charge is 2.18. The van der Waals surface area contributed by atoms with Crippen LogP contribution in [0.15, 0.2) is 6.20 Å². The SMILES string of the molecule is CCCn1ncc2c(CC)c(CC(=O)O)c(CC)nc21. The highest BCUT2D eigenvalue weighted by atomic mass is 16.4. The second-order valence-electron chi connectivity index (χ2n) is 4.90. The van der Waals surface area contributed by atoms with Crippen LogP contribution in [0.4, 0.5) is 0 Å². The zero-order valence-corrected chi connectivity index (χ0v) is 12.3. The molecule has 20 heavy (non-hydrogen) atoms. The molecule has 5 nitrogen and oxygen atoms in total. The first-order chi connectivity index (χ1) is 9.62. The van der Waals surface area contributed by atoms with Crippen molar-refractivity contribution < 1.29 is 9.90 Å². The Morgan fingerprint density at radius 2 is 2.00 bits per heavy atom. The normalized spacial score (nSPS) is 11.2. The molecule has 2 aromatic rings. The van der Waals surface area contributed by atoms with Gasteiger partial charge in [0, 0.05) is 17.6 Å². The maximum atomic E-state index is 11.1.